The molecular formula is C15H16N2OS2. The highest BCUT2D eigenvalue weighted by Crippen LogP contribution is 2.38. The fraction of sp³-hybridized carbons (Fsp3) is 0.267. The zero-order chi connectivity index (χ0) is 14.1. The van der Waals surface area contributed by atoms with E-state index in [4.69, 9.17) is 4.74 Å². The topological polar surface area (TPSA) is 34.1 Å². The van der Waals surface area contributed by atoms with Gasteiger partial charge in [-0.2, -0.15) is 0 Å². The van der Waals surface area contributed by atoms with Gasteiger partial charge in [0.2, 0.25) is 0 Å². The van der Waals surface area contributed by atoms with Crippen molar-refractivity contribution in [1.29, 1.82) is 0 Å². The van der Waals surface area contributed by atoms with Gasteiger partial charge in [-0.05, 0) is 31.0 Å². The van der Waals surface area contributed by atoms with E-state index in [0.29, 0.717) is 6.61 Å². The summed E-state index contributed by atoms with van der Waals surface area (Å²) in [6.45, 7) is 7.35. The lowest BCUT2D eigenvalue weighted by molar-refractivity contribution is 0.354. The SMILES string of the molecule is C=C(CNC)COc1cc2sc(C)nc2c2sccc12. The average Bonchev–Trinajstić information content (AvgIpc) is 3.01. The van der Waals surface area contributed by atoms with Gasteiger partial charge in [0, 0.05) is 18.0 Å². The van der Waals surface area contributed by atoms with Gasteiger partial charge in [0.25, 0.3) is 0 Å². The van der Waals surface area contributed by atoms with Gasteiger partial charge in [-0.3, -0.25) is 0 Å². The third-order valence-corrected chi connectivity index (χ3v) is 4.87. The fourth-order valence-electron chi connectivity index (χ4n) is 2.19. The van der Waals surface area contributed by atoms with Gasteiger partial charge in [-0.1, -0.05) is 6.58 Å². The summed E-state index contributed by atoms with van der Waals surface area (Å²) in [5, 5.41) is 7.41. The third-order valence-electron chi connectivity index (χ3n) is 3.03. The molecule has 0 aliphatic rings. The highest BCUT2D eigenvalue weighted by atomic mass is 32.1. The summed E-state index contributed by atoms with van der Waals surface area (Å²) in [5.74, 6) is 0.926. The van der Waals surface area contributed by atoms with Crippen molar-refractivity contribution in [2.45, 2.75) is 6.92 Å². The maximum Gasteiger partial charge on any atom is 0.130 e. The van der Waals surface area contributed by atoms with Crippen LogP contribution in [-0.2, 0) is 0 Å². The average molecular weight is 304 g/mol. The Hall–Kier alpha value is -1.43. The van der Waals surface area contributed by atoms with Crippen molar-refractivity contribution in [3.05, 3.63) is 34.7 Å². The first-order valence-corrected chi connectivity index (χ1v) is 8.10. The van der Waals surface area contributed by atoms with Crippen molar-refractivity contribution in [3.63, 3.8) is 0 Å². The molecule has 104 valence electrons. The lowest BCUT2D eigenvalue weighted by atomic mass is 10.2. The predicted molar refractivity (Wildman–Crippen MR) is 88.3 cm³/mol. The minimum absolute atomic E-state index is 0.537. The van der Waals surface area contributed by atoms with Gasteiger partial charge in [-0.15, -0.1) is 22.7 Å². The van der Waals surface area contributed by atoms with Crippen LogP contribution in [0, 0.1) is 6.92 Å². The summed E-state index contributed by atoms with van der Waals surface area (Å²) in [4.78, 5) is 4.63. The van der Waals surface area contributed by atoms with E-state index >= 15 is 0 Å². The maximum absolute atomic E-state index is 5.96. The molecule has 0 saturated carbocycles. The number of thiophene rings is 1. The molecule has 0 aliphatic carbocycles. The van der Waals surface area contributed by atoms with Gasteiger partial charge in [-0.25, -0.2) is 4.98 Å². The molecule has 0 radical (unpaired) electrons. The molecule has 0 amide bonds. The highest BCUT2D eigenvalue weighted by Gasteiger charge is 2.12. The maximum atomic E-state index is 5.96. The van der Waals surface area contributed by atoms with Crippen LogP contribution in [0.5, 0.6) is 5.75 Å². The molecule has 0 unspecified atom stereocenters. The summed E-state index contributed by atoms with van der Waals surface area (Å²) >= 11 is 3.43. The van der Waals surface area contributed by atoms with Gasteiger partial charge in [0.15, 0.2) is 0 Å². The second-order valence-corrected chi connectivity index (χ2v) is 6.84. The second-order valence-electron chi connectivity index (χ2n) is 4.69. The van der Waals surface area contributed by atoms with Gasteiger partial charge in [0.05, 0.1) is 19.9 Å². The molecule has 3 nitrogen and oxygen atoms in total. The minimum Gasteiger partial charge on any atom is -0.488 e. The zero-order valence-electron chi connectivity index (χ0n) is 11.5. The number of likely N-dealkylation sites (N-methyl/N-ethyl adjacent to an activating group) is 1. The van der Waals surface area contributed by atoms with E-state index in [1.54, 1.807) is 22.7 Å². The molecule has 5 heteroatoms. The van der Waals surface area contributed by atoms with Crippen LogP contribution in [-0.4, -0.2) is 25.2 Å². The monoisotopic (exact) mass is 304 g/mol. The van der Waals surface area contributed by atoms with Gasteiger partial charge in [0.1, 0.15) is 12.4 Å². The molecule has 0 spiro atoms. The van der Waals surface area contributed by atoms with Crippen LogP contribution in [0.15, 0.2) is 29.7 Å². The summed E-state index contributed by atoms with van der Waals surface area (Å²) < 4.78 is 8.35. The molecule has 1 N–H and O–H groups in total. The van der Waals surface area contributed by atoms with Crippen LogP contribution in [0.1, 0.15) is 5.01 Å². The number of thiazole rings is 1. The van der Waals surface area contributed by atoms with E-state index in [2.05, 4.69) is 34.4 Å². The van der Waals surface area contributed by atoms with Crippen LogP contribution in [0.4, 0.5) is 0 Å². The normalized spacial score (nSPS) is 11.3. The van der Waals surface area contributed by atoms with E-state index in [1.807, 2.05) is 14.0 Å². The van der Waals surface area contributed by atoms with Crippen molar-refractivity contribution in [2.75, 3.05) is 20.2 Å². The number of aryl methyl sites for hydroxylation is 1. The Balaban J connectivity index is 2.00. The zero-order valence-corrected chi connectivity index (χ0v) is 13.2. The number of fused-ring (bicyclic) bond motifs is 3. The van der Waals surface area contributed by atoms with Gasteiger partial charge >= 0.3 is 0 Å². The molecule has 3 aromatic rings. The molecular weight excluding hydrogens is 288 g/mol. The molecule has 0 aliphatic heterocycles. The number of nitrogens with zero attached hydrogens (tertiary/aromatic N) is 1. The first kappa shape index (κ1) is 13.5. The van der Waals surface area contributed by atoms with Crippen molar-refractivity contribution in [3.8, 4) is 5.75 Å². The first-order chi connectivity index (χ1) is 9.69. The Bertz CT molecular complexity index is 773. The lowest BCUT2D eigenvalue weighted by Crippen LogP contribution is -2.14. The van der Waals surface area contributed by atoms with Crippen molar-refractivity contribution >= 4 is 43.0 Å². The summed E-state index contributed by atoms with van der Waals surface area (Å²) in [6.07, 6.45) is 0. The van der Waals surface area contributed by atoms with Crippen LogP contribution in [0.3, 0.4) is 0 Å². The number of aromatic nitrogens is 1. The number of ether oxygens (including phenoxy) is 1. The molecule has 2 heterocycles. The Morgan fingerprint density at radius 2 is 2.35 bits per heavy atom. The quantitative estimate of drug-likeness (QED) is 0.724. The number of benzene rings is 1. The molecule has 0 fully saturated rings. The summed E-state index contributed by atoms with van der Waals surface area (Å²) in [5.41, 5.74) is 2.13. The van der Waals surface area contributed by atoms with Gasteiger partial charge < -0.3 is 10.1 Å². The van der Waals surface area contributed by atoms with Crippen LogP contribution in [0.2, 0.25) is 0 Å². The largest absolute Gasteiger partial charge is 0.488 e. The van der Waals surface area contributed by atoms with E-state index < -0.39 is 0 Å². The lowest BCUT2D eigenvalue weighted by Gasteiger charge is -2.09. The molecule has 0 atom stereocenters. The van der Waals surface area contributed by atoms with Crippen molar-refractivity contribution in [1.82, 2.24) is 10.3 Å². The van der Waals surface area contributed by atoms with Crippen LogP contribution in [0.25, 0.3) is 20.3 Å². The Labute approximate surface area is 125 Å². The Kier molecular flexibility index (Phi) is 3.74. The van der Waals surface area contributed by atoms with Crippen LogP contribution < -0.4 is 10.1 Å². The molecule has 20 heavy (non-hydrogen) atoms. The van der Waals surface area contributed by atoms with Crippen molar-refractivity contribution < 1.29 is 4.74 Å². The fourth-order valence-corrected chi connectivity index (χ4v) is 4.02. The first-order valence-electron chi connectivity index (χ1n) is 6.40. The molecule has 0 saturated heterocycles. The smallest absolute Gasteiger partial charge is 0.130 e. The second kappa shape index (κ2) is 5.52. The molecule has 0 bridgehead atoms. The number of rotatable bonds is 5. The number of nitrogens with one attached hydrogen (secondary N) is 1. The molecule has 1 aromatic carbocycles. The Morgan fingerprint density at radius 3 is 3.15 bits per heavy atom. The van der Waals surface area contributed by atoms with E-state index in [-0.39, 0.29) is 0 Å². The minimum atomic E-state index is 0.537. The third kappa shape index (κ3) is 2.44. The predicted octanol–water partition coefficient (Wildman–Crippen LogP) is 3.97. The molecule has 2 aromatic heterocycles. The van der Waals surface area contributed by atoms with Crippen LogP contribution >= 0.6 is 22.7 Å². The standard InChI is InChI=1S/C15H16N2OS2/c1-9(7-16-3)8-18-12-6-13-14(17-10(2)20-13)15-11(12)4-5-19-15/h4-6,16H,1,7-8H2,2-3H3. The molecule has 3 rings (SSSR count). The summed E-state index contributed by atoms with van der Waals surface area (Å²) in [7, 11) is 1.91. The number of hydrogen-bond acceptors (Lipinski definition) is 5. The highest BCUT2D eigenvalue weighted by molar-refractivity contribution is 7.21. The van der Waals surface area contributed by atoms with Crippen molar-refractivity contribution in [2.24, 2.45) is 0 Å². The Morgan fingerprint density at radius 1 is 1.50 bits per heavy atom. The van der Waals surface area contributed by atoms with E-state index in [0.717, 1.165) is 33.8 Å². The summed E-state index contributed by atoms with van der Waals surface area (Å²) in [6, 6.07) is 4.20. The van der Waals surface area contributed by atoms with E-state index in [9.17, 15) is 0 Å². The number of hydrogen-bond donors (Lipinski definition) is 1. The van der Waals surface area contributed by atoms with E-state index in [1.165, 1.54) is 9.40 Å².